The van der Waals surface area contributed by atoms with E-state index in [-0.39, 0.29) is 11.5 Å². The molecular weight excluding hydrogens is 266 g/mol. The number of aromatic amines is 1. The van der Waals surface area contributed by atoms with E-state index >= 15 is 0 Å². The number of H-pyrrole nitrogens is 1. The van der Waals surface area contributed by atoms with Gasteiger partial charge in [-0.2, -0.15) is 18.3 Å². The minimum absolute atomic E-state index is 0.00766. The molecule has 19 heavy (non-hydrogen) atoms. The molecule has 0 saturated carbocycles. The van der Waals surface area contributed by atoms with Crippen molar-refractivity contribution in [3.63, 3.8) is 0 Å². The van der Waals surface area contributed by atoms with E-state index in [0.29, 0.717) is 12.1 Å². The molecule has 0 saturated heterocycles. The average molecular weight is 273 g/mol. The van der Waals surface area contributed by atoms with Crippen molar-refractivity contribution in [2.75, 3.05) is 5.32 Å². The van der Waals surface area contributed by atoms with Crippen molar-refractivity contribution in [2.45, 2.75) is 6.18 Å². The van der Waals surface area contributed by atoms with Crippen LogP contribution >= 0.6 is 0 Å². The number of anilines is 2. The van der Waals surface area contributed by atoms with Crippen LogP contribution in [0.25, 0.3) is 0 Å². The van der Waals surface area contributed by atoms with E-state index in [2.05, 4.69) is 15.5 Å². The molecule has 0 unspecified atom stereocenters. The predicted molar refractivity (Wildman–Crippen MR) is 59.5 cm³/mol. The third-order valence-electron chi connectivity index (χ3n) is 2.22. The molecule has 0 radical (unpaired) electrons. The Morgan fingerprint density at radius 2 is 1.89 bits per heavy atom. The number of halogens is 4. The molecule has 1 aromatic heterocycles. The second-order valence-electron chi connectivity index (χ2n) is 3.62. The Bertz CT molecular complexity index is 631. The summed E-state index contributed by atoms with van der Waals surface area (Å²) in [6.45, 7) is 0. The molecule has 0 aliphatic carbocycles. The van der Waals surface area contributed by atoms with Crippen molar-refractivity contribution in [1.82, 2.24) is 10.2 Å². The fourth-order valence-corrected chi connectivity index (χ4v) is 1.38. The summed E-state index contributed by atoms with van der Waals surface area (Å²) >= 11 is 0. The van der Waals surface area contributed by atoms with Crippen LogP contribution in [0.15, 0.2) is 35.1 Å². The Hall–Kier alpha value is -2.38. The molecule has 2 rings (SSSR count). The maximum absolute atomic E-state index is 13.0. The van der Waals surface area contributed by atoms with E-state index in [0.717, 1.165) is 12.1 Å². The zero-order valence-corrected chi connectivity index (χ0v) is 9.25. The smallest absolute Gasteiger partial charge is 0.339 e. The molecule has 0 amide bonds. The monoisotopic (exact) mass is 273 g/mol. The van der Waals surface area contributed by atoms with E-state index in [1.165, 1.54) is 6.07 Å². The minimum Gasteiger partial charge on any atom is -0.339 e. The lowest BCUT2D eigenvalue weighted by Gasteiger charge is -2.10. The Kier molecular flexibility index (Phi) is 3.24. The van der Waals surface area contributed by atoms with E-state index in [1.807, 2.05) is 0 Å². The molecule has 0 atom stereocenters. The first-order chi connectivity index (χ1) is 8.86. The van der Waals surface area contributed by atoms with Crippen LogP contribution in [-0.4, -0.2) is 10.2 Å². The van der Waals surface area contributed by atoms with Crippen LogP contribution in [0.1, 0.15) is 5.56 Å². The van der Waals surface area contributed by atoms with Gasteiger partial charge in [0, 0.05) is 11.8 Å². The minimum atomic E-state index is -4.78. The molecule has 2 aromatic rings. The van der Waals surface area contributed by atoms with Crippen molar-refractivity contribution in [3.8, 4) is 0 Å². The zero-order chi connectivity index (χ0) is 14.0. The average Bonchev–Trinajstić information content (AvgIpc) is 2.33. The molecule has 0 aliphatic rings. The van der Waals surface area contributed by atoms with Gasteiger partial charge in [0.15, 0.2) is 5.82 Å². The van der Waals surface area contributed by atoms with Crippen molar-refractivity contribution >= 4 is 11.5 Å². The molecule has 0 spiro atoms. The molecular formula is C11H7F4N3O. The molecule has 8 heteroatoms. The lowest BCUT2D eigenvalue weighted by molar-refractivity contribution is -0.139. The SMILES string of the molecule is O=c1ccc(Nc2ccc(F)c(C(F)(F)F)c2)n[nH]1. The third-order valence-corrected chi connectivity index (χ3v) is 2.22. The normalized spacial score (nSPS) is 11.4. The number of hydrogen-bond donors (Lipinski definition) is 2. The fourth-order valence-electron chi connectivity index (χ4n) is 1.38. The van der Waals surface area contributed by atoms with Gasteiger partial charge in [0.25, 0.3) is 5.56 Å². The van der Waals surface area contributed by atoms with E-state index in [4.69, 9.17) is 0 Å². The predicted octanol–water partition coefficient (Wildman–Crippen LogP) is 2.67. The Labute approximate surface area is 104 Å². The molecule has 0 fully saturated rings. The van der Waals surface area contributed by atoms with Gasteiger partial charge < -0.3 is 5.32 Å². The molecule has 1 aromatic carbocycles. The van der Waals surface area contributed by atoms with Crippen LogP contribution in [0.5, 0.6) is 0 Å². The highest BCUT2D eigenvalue weighted by atomic mass is 19.4. The largest absolute Gasteiger partial charge is 0.419 e. The maximum Gasteiger partial charge on any atom is 0.419 e. The first-order valence-electron chi connectivity index (χ1n) is 5.06. The quantitative estimate of drug-likeness (QED) is 0.827. The highest BCUT2D eigenvalue weighted by Gasteiger charge is 2.34. The van der Waals surface area contributed by atoms with Gasteiger partial charge in [-0.25, -0.2) is 9.49 Å². The number of hydrogen-bond acceptors (Lipinski definition) is 3. The van der Waals surface area contributed by atoms with Gasteiger partial charge in [-0.3, -0.25) is 4.79 Å². The number of nitrogens with one attached hydrogen (secondary N) is 2. The molecule has 0 bridgehead atoms. The molecule has 0 aliphatic heterocycles. The second kappa shape index (κ2) is 4.71. The fraction of sp³-hybridized carbons (Fsp3) is 0.0909. The summed E-state index contributed by atoms with van der Waals surface area (Å²) in [6.07, 6.45) is -4.78. The summed E-state index contributed by atoms with van der Waals surface area (Å²) in [4.78, 5) is 10.8. The lowest BCUT2D eigenvalue weighted by atomic mass is 10.2. The highest BCUT2D eigenvalue weighted by Crippen LogP contribution is 2.33. The molecule has 100 valence electrons. The van der Waals surface area contributed by atoms with Crippen molar-refractivity contribution in [3.05, 3.63) is 52.1 Å². The summed E-state index contributed by atoms with van der Waals surface area (Å²) in [5, 5.41) is 8.20. The second-order valence-corrected chi connectivity index (χ2v) is 3.62. The Morgan fingerprint density at radius 3 is 2.47 bits per heavy atom. The zero-order valence-electron chi connectivity index (χ0n) is 9.25. The lowest BCUT2D eigenvalue weighted by Crippen LogP contribution is -2.10. The van der Waals surface area contributed by atoms with Gasteiger partial charge >= 0.3 is 6.18 Å². The van der Waals surface area contributed by atoms with E-state index < -0.39 is 23.1 Å². The van der Waals surface area contributed by atoms with E-state index in [9.17, 15) is 22.4 Å². The van der Waals surface area contributed by atoms with Gasteiger partial charge in [0.1, 0.15) is 5.82 Å². The highest BCUT2D eigenvalue weighted by molar-refractivity contribution is 5.56. The summed E-state index contributed by atoms with van der Waals surface area (Å²) in [6, 6.07) is 4.91. The maximum atomic E-state index is 13.0. The Morgan fingerprint density at radius 1 is 1.16 bits per heavy atom. The van der Waals surface area contributed by atoms with Gasteiger partial charge in [-0.15, -0.1) is 0 Å². The van der Waals surface area contributed by atoms with Crippen LogP contribution in [0.4, 0.5) is 29.1 Å². The van der Waals surface area contributed by atoms with Crippen molar-refractivity contribution in [2.24, 2.45) is 0 Å². The topological polar surface area (TPSA) is 57.8 Å². The molecule has 4 nitrogen and oxygen atoms in total. The third kappa shape index (κ3) is 3.09. The van der Waals surface area contributed by atoms with Gasteiger partial charge in [-0.05, 0) is 24.3 Å². The number of rotatable bonds is 2. The summed E-state index contributed by atoms with van der Waals surface area (Å²) in [5.74, 6) is -1.22. The number of nitrogens with zero attached hydrogens (tertiary/aromatic N) is 1. The standard InChI is InChI=1S/C11H7F4N3O/c12-8-2-1-6(5-7(8)11(13,14)15)16-9-3-4-10(19)18-17-9/h1-5H,(H,16,17)(H,18,19). The molecule has 2 N–H and O–H groups in total. The number of benzene rings is 1. The van der Waals surface area contributed by atoms with E-state index in [1.54, 1.807) is 0 Å². The van der Waals surface area contributed by atoms with Crippen LogP contribution in [0, 0.1) is 5.82 Å². The van der Waals surface area contributed by atoms with Crippen molar-refractivity contribution < 1.29 is 17.6 Å². The molecule has 1 heterocycles. The summed E-state index contributed by atoms with van der Waals surface area (Å²) in [7, 11) is 0. The van der Waals surface area contributed by atoms with Gasteiger partial charge in [-0.1, -0.05) is 0 Å². The van der Waals surface area contributed by atoms with Crippen LogP contribution in [0.2, 0.25) is 0 Å². The number of alkyl halides is 3. The first kappa shape index (κ1) is 13.1. The first-order valence-corrected chi connectivity index (χ1v) is 5.06. The Balaban J connectivity index is 2.31. The van der Waals surface area contributed by atoms with Crippen LogP contribution in [-0.2, 0) is 6.18 Å². The van der Waals surface area contributed by atoms with Crippen LogP contribution < -0.4 is 10.9 Å². The number of aromatic nitrogens is 2. The van der Waals surface area contributed by atoms with Gasteiger partial charge in [0.05, 0.1) is 5.56 Å². The summed E-state index contributed by atoms with van der Waals surface area (Å²) in [5.41, 5.74) is -1.81. The summed E-state index contributed by atoms with van der Waals surface area (Å²) < 4.78 is 50.5. The van der Waals surface area contributed by atoms with Crippen molar-refractivity contribution in [1.29, 1.82) is 0 Å². The van der Waals surface area contributed by atoms with Crippen LogP contribution in [0.3, 0.4) is 0 Å². The van der Waals surface area contributed by atoms with Gasteiger partial charge in [0.2, 0.25) is 0 Å².